The van der Waals surface area contributed by atoms with Crippen LogP contribution in [0.5, 0.6) is 0 Å². The van der Waals surface area contributed by atoms with Crippen molar-refractivity contribution in [3.05, 3.63) is 41.4 Å². The maximum Gasteiger partial charge on any atom is 0.332 e. The third-order valence-electron chi connectivity index (χ3n) is 5.56. The van der Waals surface area contributed by atoms with Crippen LogP contribution < -0.4 is 4.90 Å². The molecule has 2 aromatic rings. The van der Waals surface area contributed by atoms with Gasteiger partial charge in [0.1, 0.15) is 6.04 Å². The van der Waals surface area contributed by atoms with Crippen LogP contribution >= 0.6 is 11.6 Å². The van der Waals surface area contributed by atoms with E-state index in [-0.39, 0.29) is 24.0 Å². The van der Waals surface area contributed by atoms with Gasteiger partial charge in [0.15, 0.2) is 0 Å². The number of carbonyl (C=O) groups excluding carboxylic acids is 2. The molecule has 0 radical (unpaired) electrons. The number of amides is 3. The molecule has 2 aliphatic heterocycles. The number of fused-ring (bicyclic) bond motifs is 6. The van der Waals surface area contributed by atoms with Gasteiger partial charge in [0.05, 0.1) is 5.69 Å². The molecule has 23 heavy (non-hydrogen) atoms. The summed E-state index contributed by atoms with van der Waals surface area (Å²) in [6, 6.07) is 11.0. The van der Waals surface area contributed by atoms with E-state index in [0.717, 1.165) is 30.0 Å². The molecule has 2 bridgehead atoms. The van der Waals surface area contributed by atoms with Crippen molar-refractivity contribution >= 4 is 40.0 Å². The van der Waals surface area contributed by atoms with Crippen molar-refractivity contribution < 1.29 is 9.59 Å². The zero-order valence-electron chi connectivity index (χ0n) is 12.4. The maximum atomic E-state index is 12.9. The first-order chi connectivity index (χ1) is 11.2. The van der Waals surface area contributed by atoms with Gasteiger partial charge >= 0.3 is 6.03 Å². The Balaban J connectivity index is 1.67. The minimum Gasteiger partial charge on any atom is -0.309 e. The van der Waals surface area contributed by atoms with E-state index in [1.807, 2.05) is 29.2 Å². The summed E-state index contributed by atoms with van der Waals surface area (Å²) < 4.78 is 0. The third-order valence-corrected chi connectivity index (χ3v) is 5.89. The van der Waals surface area contributed by atoms with Gasteiger partial charge in [-0.25, -0.2) is 9.69 Å². The van der Waals surface area contributed by atoms with Crippen LogP contribution in [-0.4, -0.2) is 28.9 Å². The summed E-state index contributed by atoms with van der Waals surface area (Å²) >= 11 is 6.26. The van der Waals surface area contributed by atoms with Gasteiger partial charge in [-0.2, -0.15) is 0 Å². The maximum absolute atomic E-state index is 12.9. The summed E-state index contributed by atoms with van der Waals surface area (Å²) in [5.41, 5.74) is 0.647. The average molecular weight is 327 g/mol. The molecule has 3 atom stereocenters. The summed E-state index contributed by atoms with van der Waals surface area (Å²) in [5.74, 6) is 0.259. The van der Waals surface area contributed by atoms with E-state index >= 15 is 0 Å². The fourth-order valence-electron chi connectivity index (χ4n) is 4.59. The van der Waals surface area contributed by atoms with Crippen molar-refractivity contribution in [3.8, 4) is 0 Å². The Morgan fingerprint density at radius 3 is 2.57 bits per heavy atom. The molecule has 5 heteroatoms. The molecule has 5 rings (SSSR count). The molecule has 1 aliphatic carbocycles. The lowest BCUT2D eigenvalue weighted by atomic mass is 9.99. The summed E-state index contributed by atoms with van der Waals surface area (Å²) in [5, 5.41) is 2.33. The van der Waals surface area contributed by atoms with E-state index in [0.29, 0.717) is 16.6 Å². The SMILES string of the molecule is O=C1[C@H]2C3CCC(C3)N2C(=O)N1c1ccc(Cl)c2ccccc12. The van der Waals surface area contributed by atoms with Crippen LogP contribution in [0.15, 0.2) is 36.4 Å². The lowest BCUT2D eigenvalue weighted by molar-refractivity contribution is -0.120. The van der Waals surface area contributed by atoms with Crippen molar-refractivity contribution in [1.29, 1.82) is 0 Å². The number of benzene rings is 2. The molecule has 3 amide bonds. The monoisotopic (exact) mass is 326 g/mol. The molecule has 2 heterocycles. The second-order valence-electron chi connectivity index (χ2n) is 6.65. The Labute approximate surface area is 138 Å². The van der Waals surface area contributed by atoms with Gasteiger partial charge in [-0.15, -0.1) is 0 Å². The van der Waals surface area contributed by atoms with Crippen molar-refractivity contribution in [3.63, 3.8) is 0 Å². The second-order valence-corrected chi connectivity index (χ2v) is 7.05. The lowest BCUT2D eigenvalue weighted by Gasteiger charge is -2.25. The minimum atomic E-state index is -0.254. The van der Waals surface area contributed by atoms with Crippen molar-refractivity contribution in [2.24, 2.45) is 5.92 Å². The van der Waals surface area contributed by atoms with Crippen molar-refractivity contribution in [2.75, 3.05) is 4.90 Å². The molecular formula is C18H15ClN2O2. The number of hydrogen-bond acceptors (Lipinski definition) is 2. The first-order valence-electron chi connectivity index (χ1n) is 8.00. The van der Waals surface area contributed by atoms with E-state index in [4.69, 9.17) is 11.6 Å². The van der Waals surface area contributed by atoms with Crippen molar-refractivity contribution in [2.45, 2.75) is 31.3 Å². The standard InChI is InChI=1S/C18H15ClN2O2/c19-14-7-8-15(13-4-2-1-3-12(13)14)21-17(22)16-10-5-6-11(9-10)20(16)18(21)23/h1-4,7-8,10-11,16H,5-6,9H2/t10?,11?,16-/m1/s1. The normalized spacial score (nSPS) is 29.0. The van der Waals surface area contributed by atoms with Gasteiger partial charge in [0.25, 0.3) is 5.91 Å². The number of urea groups is 1. The summed E-state index contributed by atoms with van der Waals surface area (Å²) in [6.45, 7) is 0. The summed E-state index contributed by atoms with van der Waals surface area (Å²) in [4.78, 5) is 29.0. The number of rotatable bonds is 1. The lowest BCUT2D eigenvalue weighted by Crippen LogP contribution is -2.40. The first-order valence-corrected chi connectivity index (χ1v) is 8.38. The van der Waals surface area contributed by atoms with Gasteiger partial charge in [0.2, 0.25) is 0 Å². The number of nitrogens with zero attached hydrogens (tertiary/aromatic N) is 2. The minimum absolute atomic E-state index is 0.0744. The Hall–Kier alpha value is -2.07. The highest BCUT2D eigenvalue weighted by molar-refractivity contribution is 6.36. The van der Waals surface area contributed by atoms with E-state index in [9.17, 15) is 9.59 Å². The highest BCUT2D eigenvalue weighted by Gasteiger charge is 2.59. The Morgan fingerprint density at radius 2 is 1.78 bits per heavy atom. The zero-order chi connectivity index (χ0) is 15.7. The van der Waals surface area contributed by atoms with Gasteiger partial charge in [-0.3, -0.25) is 4.79 Å². The van der Waals surface area contributed by atoms with E-state index in [1.54, 1.807) is 12.1 Å². The van der Waals surface area contributed by atoms with Gasteiger partial charge in [0, 0.05) is 21.8 Å². The van der Waals surface area contributed by atoms with E-state index in [2.05, 4.69) is 0 Å². The molecule has 116 valence electrons. The van der Waals surface area contributed by atoms with Crippen LogP contribution in [0.2, 0.25) is 5.02 Å². The number of hydrogen-bond donors (Lipinski definition) is 0. The molecule has 3 fully saturated rings. The smallest absolute Gasteiger partial charge is 0.309 e. The molecule has 2 unspecified atom stereocenters. The number of halogens is 1. The van der Waals surface area contributed by atoms with Gasteiger partial charge < -0.3 is 4.90 Å². The molecular weight excluding hydrogens is 312 g/mol. The number of carbonyl (C=O) groups is 2. The molecule has 0 N–H and O–H groups in total. The molecule has 2 saturated heterocycles. The zero-order valence-corrected chi connectivity index (χ0v) is 13.2. The molecule has 0 aromatic heterocycles. The molecule has 3 aliphatic rings. The predicted molar refractivity (Wildman–Crippen MR) is 88.6 cm³/mol. The molecule has 4 nitrogen and oxygen atoms in total. The fraction of sp³-hybridized carbons (Fsp3) is 0.333. The summed E-state index contributed by atoms with van der Waals surface area (Å²) in [7, 11) is 0. The Kier molecular flexibility index (Phi) is 2.61. The van der Waals surface area contributed by atoms with Crippen LogP contribution in [0.4, 0.5) is 10.5 Å². The molecule has 1 saturated carbocycles. The first kappa shape index (κ1) is 13.4. The van der Waals surface area contributed by atoms with E-state index in [1.165, 1.54) is 4.90 Å². The predicted octanol–water partition coefficient (Wildman–Crippen LogP) is 3.81. The number of imide groups is 1. The summed E-state index contributed by atoms with van der Waals surface area (Å²) in [6.07, 6.45) is 3.06. The van der Waals surface area contributed by atoms with E-state index < -0.39 is 0 Å². The fourth-order valence-corrected chi connectivity index (χ4v) is 4.81. The average Bonchev–Trinajstić information content (AvgIpc) is 3.24. The van der Waals surface area contributed by atoms with Crippen molar-refractivity contribution in [1.82, 2.24) is 4.90 Å². The highest BCUT2D eigenvalue weighted by Crippen LogP contribution is 2.48. The largest absolute Gasteiger partial charge is 0.332 e. The quantitative estimate of drug-likeness (QED) is 0.748. The van der Waals surface area contributed by atoms with Crippen LogP contribution in [0, 0.1) is 5.92 Å². The van der Waals surface area contributed by atoms with Gasteiger partial charge in [-0.05, 0) is 37.3 Å². The Bertz CT molecular complexity index is 837. The topological polar surface area (TPSA) is 40.6 Å². The van der Waals surface area contributed by atoms with Crippen LogP contribution in [0.3, 0.4) is 0 Å². The third kappa shape index (κ3) is 1.62. The van der Waals surface area contributed by atoms with Crippen LogP contribution in [0.1, 0.15) is 19.3 Å². The van der Waals surface area contributed by atoms with Crippen LogP contribution in [0.25, 0.3) is 10.8 Å². The molecule has 2 aromatic carbocycles. The highest BCUT2D eigenvalue weighted by atomic mass is 35.5. The van der Waals surface area contributed by atoms with Gasteiger partial charge in [-0.1, -0.05) is 35.9 Å². The van der Waals surface area contributed by atoms with Crippen LogP contribution in [-0.2, 0) is 4.79 Å². The Morgan fingerprint density at radius 1 is 1.00 bits per heavy atom. The molecule has 0 spiro atoms. The number of anilines is 1. The second kappa shape index (κ2) is 4.48. The number of piperidine rings is 1.